The summed E-state index contributed by atoms with van der Waals surface area (Å²) in [5, 5.41) is 19.8. The Bertz CT molecular complexity index is 958. The van der Waals surface area contributed by atoms with E-state index in [1.165, 1.54) is 48.5 Å². The molecule has 0 aromatic heterocycles. The summed E-state index contributed by atoms with van der Waals surface area (Å²) in [6, 6.07) is 6.32. The molecule has 30 heavy (non-hydrogen) atoms. The van der Waals surface area contributed by atoms with Crippen LogP contribution in [0.5, 0.6) is 5.75 Å². The maximum absolute atomic E-state index is 11.0. The number of allylic oxidation sites excluding steroid dienone is 3. The molecule has 3 atom stereocenters. The fraction of sp³-hybridized carbons (Fsp3) is 0.500. The van der Waals surface area contributed by atoms with Crippen LogP contribution in [0.2, 0.25) is 0 Å². The van der Waals surface area contributed by atoms with Crippen LogP contribution in [0.3, 0.4) is 0 Å². The highest BCUT2D eigenvalue weighted by Crippen LogP contribution is 2.71. The second kappa shape index (κ2) is 7.12. The number of aromatic hydroxyl groups is 1. The minimum atomic E-state index is -0.923. The Morgan fingerprint density at radius 1 is 1.27 bits per heavy atom. The Hall–Kier alpha value is -2.33. The number of carboxylic acid groups (broad SMARTS) is 1. The summed E-state index contributed by atoms with van der Waals surface area (Å²) in [7, 11) is 2.12. The van der Waals surface area contributed by atoms with Crippen molar-refractivity contribution in [2.45, 2.75) is 50.5 Å². The van der Waals surface area contributed by atoms with Crippen molar-refractivity contribution in [3.63, 3.8) is 0 Å². The number of hydrogen-bond acceptors (Lipinski definition) is 3. The zero-order chi connectivity index (χ0) is 21.0. The molecule has 4 aliphatic carbocycles. The second-order valence-electron chi connectivity index (χ2n) is 9.83. The Balaban J connectivity index is 1.48. The van der Waals surface area contributed by atoms with E-state index in [1.54, 1.807) is 6.08 Å². The van der Waals surface area contributed by atoms with E-state index in [-0.39, 0.29) is 11.5 Å². The van der Waals surface area contributed by atoms with Gasteiger partial charge in [0.2, 0.25) is 0 Å². The molecule has 4 fully saturated rings. The molecule has 1 heterocycles. The molecular formula is C26H31NO3. The molecule has 5 aliphatic rings. The molecule has 158 valence electrons. The molecule has 3 unspecified atom stereocenters. The van der Waals surface area contributed by atoms with Gasteiger partial charge in [-0.2, -0.15) is 0 Å². The number of phenols is 1. The van der Waals surface area contributed by atoms with Crippen LogP contribution in [0.4, 0.5) is 0 Å². The fourth-order valence-electron chi connectivity index (χ4n) is 7.06. The lowest BCUT2D eigenvalue weighted by atomic mass is 9.73. The van der Waals surface area contributed by atoms with E-state index in [2.05, 4.69) is 43.2 Å². The lowest BCUT2D eigenvalue weighted by molar-refractivity contribution is -0.131. The zero-order valence-corrected chi connectivity index (χ0v) is 17.8. The smallest absolute Gasteiger partial charge is 0.328 e. The van der Waals surface area contributed by atoms with E-state index in [4.69, 9.17) is 5.11 Å². The molecule has 0 amide bonds. The highest BCUT2D eigenvalue weighted by molar-refractivity contribution is 5.80. The largest absolute Gasteiger partial charge is 0.508 e. The van der Waals surface area contributed by atoms with E-state index in [0.29, 0.717) is 5.75 Å². The standard InChI is InChI=1S/C26H31NO3/c1-3-16-15-27(2)23(7-4-17(16)6-9-25(29)30)18-5-8-24(28)22(12-18)26-13-19-10-21(26)11-20(19)14-26/h4-9,12,19-21,23,28H,3,10-11,13-15H2,1-2H3,(H,29,30). The lowest BCUT2D eigenvalue weighted by Gasteiger charge is -2.32. The van der Waals surface area contributed by atoms with Gasteiger partial charge in [0.05, 0.1) is 6.04 Å². The van der Waals surface area contributed by atoms with E-state index in [1.807, 2.05) is 6.07 Å². The number of rotatable bonds is 5. The van der Waals surface area contributed by atoms with Crippen molar-refractivity contribution < 1.29 is 15.0 Å². The van der Waals surface area contributed by atoms with Gasteiger partial charge in [0, 0.05) is 23.6 Å². The predicted molar refractivity (Wildman–Crippen MR) is 117 cm³/mol. The molecule has 2 N–H and O–H groups in total. The highest BCUT2D eigenvalue weighted by Gasteiger charge is 2.64. The summed E-state index contributed by atoms with van der Waals surface area (Å²) < 4.78 is 0. The minimum absolute atomic E-state index is 0.103. The van der Waals surface area contributed by atoms with Crippen molar-refractivity contribution in [3.05, 3.63) is 64.8 Å². The number of carboxylic acids is 1. The van der Waals surface area contributed by atoms with Crippen molar-refractivity contribution in [1.82, 2.24) is 4.90 Å². The van der Waals surface area contributed by atoms with Crippen LogP contribution in [-0.2, 0) is 10.2 Å². The molecule has 1 aromatic rings. The molecule has 0 radical (unpaired) electrons. The average molecular weight is 406 g/mol. The van der Waals surface area contributed by atoms with Crippen LogP contribution in [-0.4, -0.2) is 34.7 Å². The Kier molecular flexibility index (Phi) is 4.66. The molecule has 4 saturated carbocycles. The van der Waals surface area contributed by atoms with Gasteiger partial charge >= 0.3 is 5.97 Å². The van der Waals surface area contributed by atoms with E-state index >= 15 is 0 Å². The summed E-state index contributed by atoms with van der Waals surface area (Å²) in [4.78, 5) is 13.3. The third-order valence-corrected chi connectivity index (χ3v) is 8.39. The fourth-order valence-corrected chi connectivity index (χ4v) is 7.06. The summed E-state index contributed by atoms with van der Waals surface area (Å²) in [5.41, 5.74) is 4.81. The first-order chi connectivity index (χ1) is 14.4. The van der Waals surface area contributed by atoms with Gasteiger partial charge in [0.25, 0.3) is 0 Å². The minimum Gasteiger partial charge on any atom is -0.508 e. The van der Waals surface area contributed by atoms with Crippen LogP contribution < -0.4 is 0 Å². The van der Waals surface area contributed by atoms with Gasteiger partial charge in [-0.25, -0.2) is 4.79 Å². The van der Waals surface area contributed by atoms with Crippen molar-refractivity contribution in [2.75, 3.05) is 13.6 Å². The van der Waals surface area contributed by atoms with Crippen molar-refractivity contribution in [1.29, 1.82) is 0 Å². The molecular weight excluding hydrogens is 374 g/mol. The molecule has 1 aromatic carbocycles. The summed E-state index contributed by atoms with van der Waals surface area (Å²) in [6.45, 7) is 2.91. The monoisotopic (exact) mass is 405 g/mol. The van der Waals surface area contributed by atoms with Crippen LogP contribution in [0.1, 0.15) is 56.2 Å². The van der Waals surface area contributed by atoms with Crippen LogP contribution in [0.25, 0.3) is 0 Å². The van der Waals surface area contributed by atoms with Gasteiger partial charge in [0.1, 0.15) is 5.75 Å². The van der Waals surface area contributed by atoms with Gasteiger partial charge < -0.3 is 10.2 Å². The quantitative estimate of drug-likeness (QED) is 0.679. The number of nitrogens with zero attached hydrogens (tertiary/aromatic N) is 1. The molecule has 1 aliphatic heterocycles. The molecule has 4 heteroatoms. The number of phenolic OH excluding ortho intramolecular Hbond substituents is 1. The van der Waals surface area contributed by atoms with Crippen molar-refractivity contribution >= 4 is 5.97 Å². The highest BCUT2D eigenvalue weighted by atomic mass is 16.4. The zero-order valence-electron chi connectivity index (χ0n) is 17.8. The third-order valence-electron chi connectivity index (χ3n) is 8.39. The van der Waals surface area contributed by atoms with Gasteiger partial charge in [0.15, 0.2) is 0 Å². The van der Waals surface area contributed by atoms with Crippen molar-refractivity contribution in [2.24, 2.45) is 17.8 Å². The Labute approximate surface area is 178 Å². The van der Waals surface area contributed by atoms with Gasteiger partial charge in [-0.05, 0) is 91.8 Å². The number of benzene rings is 1. The van der Waals surface area contributed by atoms with Gasteiger partial charge in [-0.1, -0.05) is 25.1 Å². The second-order valence-corrected chi connectivity index (χ2v) is 9.83. The first-order valence-electron chi connectivity index (χ1n) is 11.3. The first kappa shape index (κ1) is 19.6. The Morgan fingerprint density at radius 3 is 2.60 bits per heavy atom. The molecule has 0 spiro atoms. The number of hydrogen-bond donors (Lipinski definition) is 2. The van der Waals surface area contributed by atoms with Crippen LogP contribution in [0, 0.1) is 17.8 Å². The maximum Gasteiger partial charge on any atom is 0.328 e. The Morgan fingerprint density at radius 2 is 2.00 bits per heavy atom. The first-order valence-corrected chi connectivity index (χ1v) is 11.3. The predicted octanol–water partition coefficient (Wildman–Crippen LogP) is 4.97. The normalized spacial score (nSPS) is 35.1. The molecule has 4 nitrogen and oxygen atoms in total. The van der Waals surface area contributed by atoms with E-state index < -0.39 is 5.97 Å². The van der Waals surface area contributed by atoms with Gasteiger partial charge in [-0.3, -0.25) is 4.90 Å². The molecule has 6 rings (SSSR count). The van der Waals surface area contributed by atoms with E-state index in [9.17, 15) is 9.90 Å². The summed E-state index contributed by atoms with van der Waals surface area (Å²) in [6.07, 6.45) is 13.2. The number of likely N-dealkylation sites (N-methyl/N-ethyl adjacent to an activating group) is 1. The van der Waals surface area contributed by atoms with Crippen LogP contribution >= 0.6 is 0 Å². The van der Waals surface area contributed by atoms with Crippen molar-refractivity contribution in [3.8, 4) is 5.75 Å². The number of carbonyl (C=O) groups is 1. The van der Waals surface area contributed by atoms with Crippen LogP contribution in [0.15, 0.2) is 53.6 Å². The average Bonchev–Trinajstić information content (AvgIpc) is 3.42. The van der Waals surface area contributed by atoms with Gasteiger partial charge in [-0.15, -0.1) is 0 Å². The molecule has 0 saturated heterocycles. The number of aliphatic carboxylic acids is 1. The topological polar surface area (TPSA) is 60.8 Å². The third kappa shape index (κ3) is 2.96. The van der Waals surface area contributed by atoms with E-state index in [0.717, 1.165) is 36.3 Å². The summed E-state index contributed by atoms with van der Waals surface area (Å²) >= 11 is 0. The SMILES string of the molecule is CCC1=C(C=CC(=O)O)C=CC(c2ccc(O)c(C34CC5CC3CC5C4)c2)N(C)C1. The maximum atomic E-state index is 11.0. The summed E-state index contributed by atoms with van der Waals surface area (Å²) in [5.74, 6) is 2.03. The molecule has 4 bridgehead atoms. The lowest BCUT2D eigenvalue weighted by Crippen LogP contribution is -2.27.